The molecule has 0 saturated carbocycles. The third-order valence-electron chi connectivity index (χ3n) is 1.53. The number of hydrogen-bond acceptors (Lipinski definition) is 2. The maximum Gasteiger partial charge on any atom is 0.214 e. The second-order valence-electron chi connectivity index (χ2n) is 2.44. The van der Waals surface area contributed by atoms with Gasteiger partial charge in [0.2, 0.25) is 5.69 Å². The van der Waals surface area contributed by atoms with Gasteiger partial charge < -0.3 is 18.7 Å². The zero-order valence-corrected chi connectivity index (χ0v) is 10.1. The molecule has 1 aromatic rings. The minimum Gasteiger partial charge on any atom is -0.412 e. The van der Waals surface area contributed by atoms with E-state index in [-0.39, 0.29) is 44.0 Å². The van der Waals surface area contributed by atoms with Crippen molar-refractivity contribution in [1.82, 2.24) is 9.13 Å². The fourth-order valence-corrected chi connectivity index (χ4v) is 0.911. The van der Waals surface area contributed by atoms with Gasteiger partial charge >= 0.3 is 0 Å². The summed E-state index contributed by atoms with van der Waals surface area (Å²) < 4.78 is 2.32. The summed E-state index contributed by atoms with van der Waals surface area (Å²) in [5, 5.41) is 0. The van der Waals surface area contributed by atoms with Gasteiger partial charge in [0.1, 0.15) is 5.56 Å². The Bertz CT molecular complexity index is 357. The molecular formula is C7H9N2O2Y-. The molecule has 0 unspecified atom stereocenters. The Labute approximate surface area is 95.1 Å². The van der Waals surface area contributed by atoms with Gasteiger partial charge in [-0.15, -0.1) is 0 Å². The Morgan fingerprint density at radius 3 is 2.25 bits per heavy atom. The van der Waals surface area contributed by atoms with Crippen LogP contribution in [0.5, 0.6) is 0 Å². The standard InChI is InChI=1S/C7H9N2O2.Y/c1-5-4-8(2)7(11)9(3)6(5)10;/h1-3H3;/q-1;. The molecule has 0 aromatic carbocycles. The molecule has 0 aliphatic heterocycles. The number of aromatic nitrogens is 2. The molecule has 4 nitrogen and oxygen atoms in total. The third-order valence-corrected chi connectivity index (χ3v) is 1.53. The Balaban J connectivity index is 0.00000121. The van der Waals surface area contributed by atoms with E-state index in [1.165, 1.54) is 11.6 Å². The summed E-state index contributed by atoms with van der Waals surface area (Å²) >= 11 is 0. The van der Waals surface area contributed by atoms with Gasteiger partial charge in [0.05, 0.1) is 0 Å². The molecular weight excluding hydrogens is 233 g/mol. The maximum absolute atomic E-state index is 11.1. The molecule has 63 valence electrons. The van der Waals surface area contributed by atoms with Crippen molar-refractivity contribution in [2.75, 3.05) is 0 Å². The summed E-state index contributed by atoms with van der Waals surface area (Å²) in [5.74, 6) is 0. The van der Waals surface area contributed by atoms with Crippen LogP contribution >= 0.6 is 0 Å². The second kappa shape index (κ2) is 4.14. The molecule has 12 heavy (non-hydrogen) atoms. The van der Waals surface area contributed by atoms with Crippen molar-refractivity contribution < 1.29 is 32.7 Å². The summed E-state index contributed by atoms with van der Waals surface area (Å²) in [6, 6.07) is 0. The predicted molar refractivity (Wildman–Crippen MR) is 40.5 cm³/mol. The van der Waals surface area contributed by atoms with E-state index < -0.39 is 0 Å². The predicted octanol–water partition coefficient (Wildman–Crippen LogP) is -0.810. The molecule has 0 spiro atoms. The first-order valence-electron chi connectivity index (χ1n) is 3.20. The molecule has 0 aliphatic rings. The summed E-state index contributed by atoms with van der Waals surface area (Å²) in [6.45, 7) is 1.63. The molecule has 0 amide bonds. The van der Waals surface area contributed by atoms with Gasteiger partial charge in [0.25, 0.3) is 0 Å². The van der Waals surface area contributed by atoms with Crippen LogP contribution in [0, 0.1) is 13.1 Å². The van der Waals surface area contributed by atoms with Gasteiger partial charge in [-0.25, -0.2) is 0 Å². The van der Waals surface area contributed by atoms with Crippen molar-refractivity contribution in [3.8, 4) is 0 Å². The van der Waals surface area contributed by atoms with E-state index in [2.05, 4.69) is 6.20 Å². The van der Waals surface area contributed by atoms with Crippen LogP contribution in [-0.4, -0.2) is 9.13 Å². The number of rotatable bonds is 0. The van der Waals surface area contributed by atoms with Crippen LogP contribution in [0.2, 0.25) is 0 Å². The van der Waals surface area contributed by atoms with Crippen LogP contribution in [0.1, 0.15) is 5.56 Å². The van der Waals surface area contributed by atoms with Gasteiger partial charge in [0.15, 0.2) is 0 Å². The van der Waals surface area contributed by atoms with E-state index in [1.807, 2.05) is 0 Å². The normalized spacial score (nSPS) is 9.25. The largest absolute Gasteiger partial charge is 0.412 e. The van der Waals surface area contributed by atoms with E-state index in [1.54, 1.807) is 14.0 Å². The van der Waals surface area contributed by atoms with Crippen LogP contribution in [0.4, 0.5) is 0 Å². The van der Waals surface area contributed by atoms with E-state index in [0.717, 1.165) is 4.57 Å². The average molecular weight is 242 g/mol. The van der Waals surface area contributed by atoms with Gasteiger partial charge in [0, 0.05) is 32.7 Å². The topological polar surface area (TPSA) is 44.0 Å². The van der Waals surface area contributed by atoms with Crippen molar-refractivity contribution in [3.05, 3.63) is 32.6 Å². The quantitative estimate of drug-likeness (QED) is 0.558. The molecule has 0 aliphatic carbocycles. The monoisotopic (exact) mass is 242 g/mol. The molecule has 0 saturated heterocycles. The molecule has 0 N–H and O–H groups in total. The first kappa shape index (κ1) is 11.8. The fourth-order valence-electron chi connectivity index (χ4n) is 0.911. The first-order valence-corrected chi connectivity index (χ1v) is 3.20. The average Bonchev–Trinajstić information content (AvgIpc) is 1.97. The summed E-state index contributed by atoms with van der Waals surface area (Å²) in [5.41, 5.74) is -0.177. The summed E-state index contributed by atoms with van der Waals surface area (Å²) in [4.78, 5) is 22.1. The van der Waals surface area contributed by atoms with Crippen molar-refractivity contribution >= 4 is 0 Å². The van der Waals surface area contributed by atoms with Crippen LogP contribution in [0.15, 0.2) is 9.59 Å². The third kappa shape index (κ3) is 1.93. The van der Waals surface area contributed by atoms with Crippen molar-refractivity contribution in [2.45, 2.75) is 6.92 Å². The van der Waals surface area contributed by atoms with E-state index in [0.29, 0.717) is 5.56 Å². The van der Waals surface area contributed by atoms with E-state index in [4.69, 9.17) is 0 Å². The Kier molecular flexibility index (Phi) is 4.07. The number of hydrogen-bond donors (Lipinski definition) is 0. The minimum atomic E-state index is -0.347. The minimum absolute atomic E-state index is 0. The fraction of sp³-hybridized carbons (Fsp3) is 0.429. The Morgan fingerprint density at radius 1 is 1.25 bits per heavy atom. The zero-order chi connectivity index (χ0) is 8.59. The van der Waals surface area contributed by atoms with Gasteiger partial charge in [-0.3, -0.25) is 0 Å². The van der Waals surface area contributed by atoms with Gasteiger partial charge in [-0.05, 0) is 14.1 Å². The second-order valence-corrected chi connectivity index (χ2v) is 2.44. The van der Waals surface area contributed by atoms with Crippen LogP contribution < -0.4 is 11.2 Å². The van der Waals surface area contributed by atoms with Crippen molar-refractivity contribution in [2.24, 2.45) is 14.1 Å². The van der Waals surface area contributed by atoms with Crippen molar-refractivity contribution in [3.63, 3.8) is 0 Å². The van der Waals surface area contributed by atoms with Gasteiger partial charge in [-0.2, -0.15) is 0 Å². The van der Waals surface area contributed by atoms with E-state index in [9.17, 15) is 9.59 Å². The molecule has 1 radical (unpaired) electrons. The van der Waals surface area contributed by atoms with Crippen molar-refractivity contribution in [1.29, 1.82) is 0 Å². The van der Waals surface area contributed by atoms with E-state index >= 15 is 0 Å². The Morgan fingerprint density at radius 2 is 1.75 bits per heavy atom. The molecule has 5 heteroatoms. The smallest absolute Gasteiger partial charge is 0.214 e. The molecule has 1 rings (SSSR count). The molecule has 1 heterocycles. The molecule has 0 fully saturated rings. The van der Waals surface area contributed by atoms with Gasteiger partial charge in [-0.1, -0.05) is 18.7 Å². The maximum atomic E-state index is 11.1. The molecule has 0 atom stereocenters. The van der Waals surface area contributed by atoms with Crippen LogP contribution in [-0.2, 0) is 46.8 Å². The summed E-state index contributed by atoms with van der Waals surface area (Å²) in [6.07, 6.45) is 2.62. The number of aryl methyl sites for hydroxylation is 2. The van der Waals surface area contributed by atoms with Crippen LogP contribution in [0.3, 0.4) is 0 Å². The number of nitrogens with zero attached hydrogens (tertiary/aromatic N) is 2. The molecule has 0 bridgehead atoms. The van der Waals surface area contributed by atoms with Crippen LogP contribution in [0.25, 0.3) is 0 Å². The summed E-state index contributed by atoms with van der Waals surface area (Å²) in [7, 11) is 3.01. The molecule has 1 aromatic heterocycles. The zero-order valence-electron chi connectivity index (χ0n) is 7.29. The Hall–Kier alpha value is -0.216. The SMILES string of the molecule is Cc1[c-]n(C)c(=O)n(C)c1=O.[Y]. The first-order chi connectivity index (χ1) is 5.04.